The van der Waals surface area contributed by atoms with Crippen LogP contribution in [0.1, 0.15) is 42.5 Å². The summed E-state index contributed by atoms with van der Waals surface area (Å²) in [4.78, 5) is 43.0. The van der Waals surface area contributed by atoms with E-state index in [1.807, 2.05) is 0 Å². The SMILES string of the molecule is COc1ccc(C(=O)O)cc1N/N=c1\c(S(=O)(=O)O)cc(=NC2CCCCC2)c2c(=O)c3ccccc3c(=O)c1=2. The molecule has 11 nitrogen and oxygen atoms in total. The molecule has 40 heavy (non-hydrogen) atoms. The van der Waals surface area contributed by atoms with Gasteiger partial charge in [0.25, 0.3) is 10.1 Å². The van der Waals surface area contributed by atoms with E-state index in [4.69, 9.17) is 4.74 Å². The molecule has 0 aromatic heterocycles. The molecule has 0 amide bonds. The van der Waals surface area contributed by atoms with Gasteiger partial charge in [-0.05, 0) is 37.1 Å². The maximum atomic E-state index is 13.8. The number of methoxy groups -OCH3 is 1. The van der Waals surface area contributed by atoms with Crippen LogP contribution in [0.3, 0.4) is 0 Å². The summed E-state index contributed by atoms with van der Waals surface area (Å²) >= 11 is 0. The molecular formula is C28H25N3O8S. The fourth-order valence-corrected chi connectivity index (χ4v) is 5.75. The van der Waals surface area contributed by atoms with Gasteiger partial charge >= 0.3 is 5.97 Å². The minimum Gasteiger partial charge on any atom is -0.495 e. The lowest BCUT2D eigenvalue weighted by atomic mass is 9.96. The summed E-state index contributed by atoms with van der Waals surface area (Å²) in [5, 5.41) is 12.8. The molecule has 2 aromatic rings. The number of carboxylic acids is 1. The Morgan fingerprint density at radius 2 is 1.62 bits per heavy atom. The van der Waals surface area contributed by atoms with Crippen molar-refractivity contribution < 1.29 is 27.6 Å². The normalized spacial score (nSPS) is 15.6. The molecule has 3 aliphatic rings. The van der Waals surface area contributed by atoms with Gasteiger partial charge in [-0.2, -0.15) is 13.5 Å². The van der Waals surface area contributed by atoms with E-state index < -0.39 is 37.2 Å². The number of rotatable bonds is 6. The molecule has 12 heteroatoms. The van der Waals surface area contributed by atoms with Crippen LogP contribution >= 0.6 is 0 Å². The van der Waals surface area contributed by atoms with Crippen LogP contribution in [-0.4, -0.2) is 37.2 Å². The van der Waals surface area contributed by atoms with Gasteiger partial charge < -0.3 is 9.84 Å². The Morgan fingerprint density at radius 1 is 0.975 bits per heavy atom. The molecule has 0 heterocycles. The van der Waals surface area contributed by atoms with Crippen molar-refractivity contribution in [3.63, 3.8) is 0 Å². The molecular weight excluding hydrogens is 538 g/mol. The molecule has 0 spiro atoms. The van der Waals surface area contributed by atoms with Crippen molar-refractivity contribution in [2.24, 2.45) is 10.1 Å². The lowest BCUT2D eigenvalue weighted by Gasteiger charge is -2.17. The van der Waals surface area contributed by atoms with Gasteiger partial charge in [0.1, 0.15) is 16.0 Å². The number of fused-ring (bicyclic) bond motifs is 1. The Kier molecular flexibility index (Phi) is 7.21. The van der Waals surface area contributed by atoms with Crippen LogP contribution in [0.25, 0.3) is 10.8 Å². The zero-order valence-electron chi connectivity index (χ0n) is 21.4. The van der Waals surface area contributed by atoms with Crippen molar-refractivity contribution in [1.82, 2.24) is 0 Å². The number of carboxylic acid groups (broad SMARTS) is 1. The summed E-state index contributed by atoms with van der Waals surface area (Å²) in [6.45, 7) is 0. The number of benzene rings is 2. The number of nitrogens with zero attached hydrogens (tertiary/aromatic N) is 2. The highest BCUT2D eigenvalue weighted by molar-refractivity contribution is 7.85. The molecule has 1 saturated carbocycles. The second-order valence-electron chi connectivity index (χ2n) is 9.54. The van der Waals surface area contributed by atoms with Gasteiger partial charge in [-0.1, -0.05) is 43.5 Å². The van der Waals surface area contributed by atoms with Crippen LogP contribution in [-0.2, 0) is 10.1 Å². The molecule has 3 aliphatic carbocycles. The van der Waals surface area contributed by atoms with Crippen molar-refractivity contribution in [2.45, 2.75) is 43.0 Å². The molecule has 5 rings (SSSR count). The predicted octanol–water partition coefficient (Wildman–Crippen LogP) is 2.28. The predicted molar refractivity (Wildman–Crippen MR) is 146 cm³/mol. The molecule has 0 saturated heterocycles. The summed E-state index contributed by atoms with van der Waals surface area (Å²) in [7, 11) is -3.63. The van der Waals surface area contributed by atoms with E-state index in [2.05, 4.69) is 15.5 Å². The number of aromatic carboxylic acids is 1. The topological polar surface area (TPSA) is 172 Å². The third-order valence-corrected chi connectivity index (χ3v) is 7.89. The number of nitrogens with one attached hydrogen (secondary N) is 1. The van der Waals surface area contributed by atoms with Crippen LogP contribution < -0.4 is 31.7 Å². The summed E-state index contributed by atoms with van der Waals surface area (Å²) in [6, 6.07) is 10.9. The molecule has 0 radical (unpaired) electrons. The fourth-order valence-electron chi connectivity index (χ4n) is 5.09. The Balaban J connectivity index is 1.95. The van der Waals surface area contributed by atoms with E-state index in [0.29, 0.717) is 0 Å². The Labute approximate surface area is 227 Å². The lowest BCUT2D eigenvalue weighted by molar-refractivity contribution is 0.0697. The summed E-state index contributed by atoms with van der Waals surface area (Å²) in [6.07, 6.45) is 4.36. The molecule has 206 valence electrons. The minimum absolute atomic E-state index is 0.00761. The van der Waals surface area contributed by atoms with Crippen LogP contribution in [0.2, 0.25) is 0 Å². The standard InChI is InChI=1S/C28H25N3O8S/c1-39-21-12-11-15(28(34)35)13-19(21)30-31-25-22(40(36,37)38)14-20(29-16-7-3-2-4-8-16)23-24(25)27(33)18-10-6-5-9-17(18)26(23)32/h5-6,9-14,16,30H,2-4,7-8H2,1H3,(H,34,35)(H,36,37,38)/b29-20?,31-25+. The summed E-state index contributed by atoms with van der Waals surface area (Å²) < 4.78 is 40.7. The van der Waals surface area contributed by atoms with Gasteiger partial charge in [0, 0.05) is 10.8 Å². The van der Waals surface area contributed by atoms with E-state index in [-0.39, 0.29) is 49.6 Å². The number of hydrogen-bond donors (Lipinski definition) is 3. The van der Waals surface area contributed by atoms with Gasteiger partial charge in [0.05, 0.1) is 40.2 Å². The number of carbonyl (C=O) groups is 1. The summed E-state index contributed by atoms with van der Waals surface area (Å²) in [5.74, 6) is -1.06. The van der Waals surface area contributed by atoms with Crippen LogP contribution in [0, 0.1) is 10.4 Å². The second kappa shape index (κ2) is 10.6. The third-order valence-electron chi connectivity index (χ3n) is 7.02. The van der Waals surface area contributed by atoms with E-state index >= 15 is 0 Å². The molecule has 0 atom stereocenters. The number of hydrogen-bond acceptors (Lipinski definition) is 9. The Morgan fingerprint density at radius 3 is 2.23 bits per heavy atom. The molecule has 0 unspecified atom stereocenters. The smallest absolute Gasteiger partial charge is 0.335 e. The third kappa shape index (κ3) is 4.98. The molecule has 3 N–H and O–H groups in total. The van der Waals surface area contributed by atoms with E-state index in [0.717, 1.165) is 38.2 Å². The van der Waals surface area contributed by atoms with Gasteiger partial charge in [-0.25, -0.2) is 4.79 Å². The first-order valence-electron chi connectivity index (χ1n) is 12.6. The van der Waals surface area contributed by atoms with E-state index in [9.17, 15) is 32.5 Å². The highest BCUT2D eigenvalue weighted by atomic mass is 32.2. The molecule has 0 bridgehead atoms. The maximum Gasteiger partial charge on any atom is 0.335 e. The van der Waals surface area contributed by atoms with Crippen molar-refractivity contribution in [3.8, 4) is 5.75 Å². The van der Waals surface area contributed by atoms with Gasteiger partial charge in [-0.3, -0.25) is 24.6 Å². The second-order valence-corrected chi connectivity index (χ2v) is 10.9. The van der Waals surface area contributed by atoms with Crippen molar-refractivity contribution >= 4 is 32.5 Å². The highest BCUT2D eigenvalue weighted by Crippen LogP contribution is 2.25. The van der Waals surface area contributed by atoms with Crippen LogP contribution in [0.5, 0.6) is 5.75 Å². The first-order valence-corrected chi connectivity index (χ1v) is 14.0. The largest absolute Gasteiger partial charge is 0.495 e. The highest BCUT2D eigenvalue weighted by Gasteiger charge is 2.21. The quantitative estimate of drug-likeness (QED) is 0.235. The minimum atomic E-state index is -4.97. The first-order chi connectivity index (χ1) is 19.1. The van der Waals surface area contributed by atoms with Crippen LogP contribution in [0.4, 0.5) is 5.69 Å². The maximum absolute atomic E-state index is 13.8. The van der Waals surface area contributed by atoms with Crippen molar-refractivity contribution in [1.29, 1.82) is 0 Å². The van der Waals surface area contributed by atoms with Crippen molar-refractivity contribution in [3.05, 3.63) is 95.7 Å². The van der Waals surface area contributed by atoms with Gasteiger partial charge in [-0.15, -0.1) is 0 Å². The average molecular weight is 564 g/mol. The zero-order valence-corrected chi connectivity index (χ0v) is 22.2. The number of anilines is 1. The fraction of sp³-hybridized carbons (Fsp3) is 0.250. The van der Waals surface area contributed by atoms with Crippen molar-refractivity contribution in [2.75, 3.05) is 12.5 Å². The van der Waals surface area contributed by atoms with E-state index in [1.165, 1.54) is 37.4 Å². The van der Waals surface area contributed by atoms with Gasteiger partial charge in [0.2, 0.25) is 0 Å². The Bertz CT molecular complexity index is 2060. The molecule has 2 aromatic carbocycles. The van der Waals surface area contributed by atoms with E-state index in [1.54, 1.807) is 12.1 Å². The monoisotopic (exact) mass is 563 g/mol. The average Bonchev–Trinajstić information content (AvgIpc) is 2.94. The number of ether oxygens (including phenoxy) is 1. The van der Waals surface area contributed by atoms with Gasteiger partial charge in [0.15, 0.2) is 10.9 Å². The first kappa shape index (κ1) is 27.2. The molecule has 1 fully saturated rings. The zero-order chi connectivity index (χ0) is 28.6. The summed E-state index contributed by atoms with van der Waals surface area (Å²) in [5.41, 5.74) is 1.31. The Hall–Kier alpha value is -4.42. The molecule has 0 aliphatic heterocycles. The lowest BCUT2D eigenvalue weighted by Crippen LogP contribution is -2.34. The van der Waals surface area contributed by atoms with Crippen LogP contribution in [0.15, 0.2) is 73.1 Å².